The van der Waals surface area contributed by atoms with Crippen LogP contribution in [-0.4, -0.2) is 45.6 Å². The van der Waals surface area contributed by atoms with E-state index in [9.17, 15) is 0 Å². The van der Waals surface area contributed by atoms with Gasteiger partial charge in [0.25, 0.3) is 6.01 Å². The van der Waals surface area contributed by atoms with E-state index in [0.717, 1.165) is 42.2 Å². The Morgan fingerprint density at radius 3 is 2.96 bits per heavy atom. The van der Waals surface area contributed by atoms with Crippen molar-refractivity contribution in [1.29, 1.82) is 0 Å². The molecule has 4 aromatic rings. The molecule has 8 heteroatoms. The van der Waals surface area contributed by atoms with Crippen LogP contribution >= 0.6 is 0 Å². The third kappa shape index (κ3) is 2.93. The minimum atomic E-state index is 0.161. The van der Waals surface area contributed by atoms with Crippen LogP contribution < -0.4 is 16.0 Å². The molecule has 0 radical (unpaired) electrons. The molecule has 1 fully saturated rings. The summed E-state index contributed by atoms with van der Waals surface area (Å²) in [6, 6.07) is 10.2. The van der Waals surface area contributed by atoms with Gasteiger partial charge in [0, 0.05) is 31.2 Å². The van der Waals surface area contributed by atoms with Crippen LogP contribution in [0.15, 0.2) is 40.9 Å². The van der Waals surface area contributed by atoms with Gasteiger partial charge in [0.2, 0.25) is 0 Å². The van der Waals surface area contributed by atoms with Gasteiger partial charge in [0.1, 0.15) is 16.9 Å². The number of hydrogen-bond acceptors (Lipinski definition) is 8. The van der Waals surface area contributed by atoms with Gasteiger partial charge in [-0.3, -0.25) is 0 Å². The first-order chi connectivity index (χ1) is 13.2. The number of benzene rings is 1. The van der Waals surface area contributed by atoms with E-state index in [4.69, 9.17) is 20.1 Å². The van der Waals surface area contributed by atoms with Crippen LogP contribution in [0.3, 0.4) is 0 Å². The number of oxazole rings is 1. The molecule has 27 heavy (non-hydrogen) atoms. The molecule has 5 rings (SSSR count). The smallest absolute Gasteiger partial charge is 0.292 e. The normalized spacial score (nSPS) is 17.7. The Hall–Kier alpha value is -3.26. The molecule has 136 valence electrons. The van der Waals surface area contributed by atoms with Gasteiger partial charge in [-0.05, 0) is 37.3 Å². The van der Waals surface area contributed by atoms with Crippen LogP contribution in [0.4, 0.5) is 11.8 Å². The van der Waals surface area contributed by atoms with Crippen molar-refractivity contribution in [2.75, 3.05) is 30.3 Å². The van der Waals surface area contributed by atoms with E-state index in [1.165, 1.54) is 0 Å². The molecule has 1 atom stereocenters. The van der Waals surface area contributed by atoms with Gasteiger partial charge in [-0.2, -0.15) is 4.98 Å². The molecule has 0 spiro atoms. The molecule has 1 saturated heterocycles. The summed E-state index contributed by atoms with van der Waals surface area (Å²) >= 11 is 0. The fourth-order valence-corrected chi connectivity index (χ4v) is 3.45. The topological polar surface area (TPSA) is 106 Å². The largest absolute Gasteiger partial charge is 0.424 e. The van der Waals surface area contributed by atoms with Gasteiger partial charge in [-0.15, -0.1) is 0 Å². The van der Waals surface area contributed by atoms with Gasteiger partial charge in [-0.1, -0.05) is 0 Å². The summed E-state index contributed by atoms with van der Waals surface area (Å²) in [6.07, 6.45) is 1.83. The average molecular weight is 361 g/mol. The zero-order valence-electron chi connectivity index (χ0n) is 14.9. The Labute approximate surface area is 155 Å². The number of fused-ring (bicyclic) bond motifs is 2. The van der Waals surface area contributed by atoms with E-state index in [1.807, 2.05) is 36.5 Å². The first kappa shape index (κ1) is 16.0. The van der Waals surface area contributed by atoms with E-state index < -0.39 is 0 Å². The lowest BCUT2D eigenvalue weighted by Gasteiger charge is -2.32. The Morgan fingerprint density at radius 2 is 2.07 bits per heavy atom. The summed E-state index contributed by atoms with van der Waals surface area (Å²) in [7, 11) is 0. The first-order valence-electron chi connectivity index (χ1n) is 8.94. The van der Waals surface area contributed by atoms with Crippen molar-refractivity contribution in [1.82, 2.24) is 25.3 Å². The second kappa shape index (κ2) is 6.17. The number of nitrogens with one attached hydrogen (secondary N) is 1. The predicted octanol–water partition coefficient (Wildman–Crippen LogP) is 2.21. The van der Waals surface area contributed by atoms with Crippen LogP contribution in [0.1, 0.15) is 6.92 Å². The van der Waals surface area contributed by atoms with Crippen molar-refractivity contribution in [2.45, 2.75) is 13.0 Å². The van der Waals surface area contributed by atoms with E-state index >= 15 is 0 Å². The second-order valence-electron chi connectivity index (χ2n) is 6.80. The minimum absolute atomic E-state index is 0.161. The summed E-state index contributed by atoms with van der Waals surface area (Å²) in [5.41, 5.74) is 10.2. The summed E-state index contributed by atoms with van der Waals surface area (Å²) in [5, 5.41) is 3.44. The fraction of sp³-hybridized carbons (Fsp3) is 0.263. The van der Waals surface area contributed by atoms with Gasteiger partial charge >= 0.3 is 0 Å². The van der Waals surface area contributed by atoms with Crippen molar-refractivity contribution in [3.05, 3.63) is 36.5 Å². The molecule has 0 saturated carbocycles. The highest BCUT2D eigenvalue weighted by Crippen LogP contribution is 2.26. The Bertz CT molecular complexity index is 1140. The molecule has 1 aliphatic heterocycles. The maximum absolute atomic E-state index is 5.63. The number of anilines is 2. The number of piperazine rings is 1. The molecule has 4 heterocycles. The minimum Gasteiger partial charge on any atom is -0.424 e. The fourth-order valence-electron chi connectivity index (χ4n) is 3.45. The zero-order valence-corrected chi connectivity index (χ0v) is 14.9. The lowest BCUT2D eigenvalue weighted by molar-refractivity contribution is 0.482. The third-order valence-electron chi connectivity index (χ3n) is 4.79. The number of nitrogens with two attached hydrogens (primary N) is 1. The van der Waals surface area contributed by atoms with Crippen molar-refractivity contribution in [2.24, 2.45) is 0 Å². The maximum Gasteiger partial charge on any atom is 0.292 e. The first-order valence-corrected chi connectivity index (χ1v) is 8.94. The van der Waals surface area contributed by atoms with Crippen molar-refractivity contribution < 1.29 is 4.42 Å². The standard InChI is InChI=1S/C19H19N7O/c1-11-10-26(7-6-21-11)17-9-22-14-4-3-13(23-18(14)25-17)12-2-5-16-15(8-12)24-19(20)27-16/h2-5,8-9,11,21H,6-7,10H2,1H3,(H2,20,24)/t11-/m0/s1. The van der Waals surface area contributed by atoms with E-state index in [-0.39, 0.29) is 6.01 Å². The molecular formula is C19H19N7O. The Kier molecular flexibility index (Phi) is 3.64. The highest BCUT2D eigenvalue weighted by Gasteiger charge is 2.18. The number of nitrogens with zero attached hydrogens (tertiary/aromatic N) is 5. The Balaban J connectivity index is 1.54. The molecule has 0 amide bonds. The van der Waals surface area contributed by atoms with Crippen molar-refractivity contribution >= 4 is 34.1 Å². The lowest BCUT2D eigenvalue weighted by atomic mass is 10.1. The monoisotopic (exact) mass is 361 g/mol. The van der Waals surface area contributed by atoms with Crippen LogP contribution in [-0.2, 0) is 0 Å². The zero-order chi connectivity index (χ0) is 18.4. The van der Waals surface area contributed by atoms with Crippen LogP contribution in [0.25, 0.3) is 33.5 Å². The maximum atomic E-state index is 5.63. The predicted molar refractivity (Wildman–Crippen MR) is 104 cm³/mol. The van der Waals surface area contributed by atoms with E-state index in [1.54, 1.807) is 0 Å². The van der Waals surface area contributed by atoms with Crippen LogP contribution in [0.2, 0.25) is 0 Å². The highest BCUT2D eigenvalue weighted by atomic mass is 16.4. The van der Waals surface area contributed by atoms with Gasteiger partial charge in [0.05, 0.1) is 11.9 Å². The molecule has 0 bridgehead atoms. The number of aromatic nitrogens is 4. The molecule has 0 unspecified atom stereocenters. The molecular weight excluding hydrogens is 342 g/mol. The quantitative estimate of drug-likeness (QED) is 0.560. The molecule has 3 N–H and O–H groups in total. The SMILES string of the molecule is C[C@H]1CN(c2cnc3ccc(-c4ccc5oc(N)nc5c4)nc3n2)CCN1. The molecule has 3 aromatic heterocycles. The number of hydrogen-bond donors (Lipinski definition) is 2. The van der Waals surface area contributed by atoms with Crippen molar-refractivity contribution in [3.8, 4) is 11.3 Å². The highest BCUT2D eigenvalue weighted by molar-refractivity contribution is 5.82. The van der Waals surface area contributed by atoms with Crippen LogP contribution in [0.5, 0.6) is 0 Å². The lowest BCUT2D eigenvalue weighted by Crippen LogP contribution is -2.49. The van der Waals surface area contributed by atoms with Gasteiger partial charge < -0.3 is 20.4 Å². The summed E-state index contributed by atoms with van der Waals surface area (Å²) in [6.45, 7) is 4.93. The second-order valence-corrected chi connectivity index (χ2v) is 6.80. The molecule has 8 nitrogen and oxygen atoms in total. The van der Waals surface area contributed by atoms with Gasteiger partial charge in [-0.25, -0.2) is 15.0 Å². The summed E-state index contributed by atoms with van der Waals surface area (Å²) in [4.78, 5) is 20.5. The molecule has 0 aliphatic carbocycles. The van der Waals surface area contributed by atoms with Gasteiger partial charge in [0.15, 0.2) is 11.2 Å². The van der Waals surface area contributed by atoms with Crippen molar-refractivity contribution in [3.63, 3.8) is 0 Å². The Morgan fingerprint density at radius 1 is 1.15 bits per heavy atom. The van der Waals surface area contributed by atoms with E-state index in [2.05, 4.69) is 27.1 Å². The van der Waals surface area contributed by atoms with E-state index in [0.29, 0.717) is 22.8 Å². The summed E-state index contributed by atoms with van der Waals surface area (Å²) < 4.78 is 5.33. The number of rotatable bonds is 2. The number of pyridine rings is 1. The third-order valence-corrected chi connectivity index (χ3v) is 4.79. The summed E-state index contributed by atoms with van der Waals surface area (Å²) in [5.74, 6) is 0.861. The van der Waals surface area contributed by atoms with Crippen LogP contribution in [0, 0.1) is 0 Å². The molecule has 1 aromatic carbocycles. The number of nitrogen functional groups attached to an aromatic ring is 1. The molecule has 1 aliphatic rings. The average Bonchev–Trinajstić information content (AvgIpc) is 3.06.